The van der Waals surface area contributed by atoms with Gasteiger partial charge in [0.2, 0.25) is 0 Å². The van der Waals surface area contributed by atoms with E-state index in [4.69, 9.17) is 9.47 Å². The minimum Gasteiger partial charge on any atom is -0.491 e. The van der Waals surface area contributed by atoms with Gasteiger partial charge in [0, 0.05) is 24.2 Å². The highest BCUT2D eigenvalue weighted by atomic mass is 79.9. The normalized spacial score (nSPS) is 20.6. The Morgan fingerprint density at radius 1 is 1.50 bits per heavy atom. The minimum atomic E-state index is -0.501. The first-order valence-corrected chi connectivity index (χ1v) is 7.88. The number of hydrogen-bond acceptors (Lipinski definition) is 4. The molecule has 0 saturated carbocycles. The van der Waals surface area contributed by atoms with E-state index in [0.29, 0.717) is 19.1 Å². The van der Waals surface area contributed by atoms with Crippen LogP contribution < -0.4 is 10.1 Å². The van der Waals surface area contributed by atoms with Crippen LogP contribution in [-0.4, -0.2) is 44.1 Å². The van der Waals surface area contributed by atoms with Crippen molar-refractivity contribution in [3.05, 3.63) is 28.7 Å². The van der Waals surface area contributed by atoms with E-state index in [-0.39, 0.29) is 0 Å². The molecule has 2 N–H and O–H groups in total. The Hall–Kier alpha value is -0.620. The molecule has 0 amide bonds. The first kappa shape index (κ1) is 15.8. The zero-order chi connectivity index (χ0) is 14.2. The summed E-state index contributed by atoms with van der Waals surface area (Å²) >= 11 is 3.39. The van der Waals surface area contributed by atoms with E-state index in [1.54, 1.807) is 0 Å². The molecule has 1 heterocycles. The predicted octanol–water partition coefficient (Wildman–Crippen LogP) is 2.21. The number of nitrogens with one attached hydrogen (secondary N) is 1. The maximum Gasteiger partial charge on any atom is 0.120 e. The number of aliphatic hydroxyl groups excluding tert-OH is 1. The van der Waals surface area contributed by atoms with Gasteiger partial charge in [-0.2, -0.15) is 0 Å². The third kappa shape index (κ3) is 5.79. The molecule has 0 aromatic heterocycles. The predicted molar refractivity (Wildman–Crippen MR) is 82.1 cm³/mol. The Morgan fingerprint density at radius 2 is 2.40 bits per heavy atom. The molecule has 2 rings (SSSR count). The van der Waals surface area contributed by atoms with Gasteiger partial charge in [-0.3, -0.25) is 0 Å². The molecule has 5 heteroatoms. The summed E-state index contributed by atoms with van der Waals surface area (Å²) in [4.78, 5) is 0. The van der Waals surface area contributed by atoms with Crippen molar-refractivity contribution in [1.29, 1.82) is 0 Å². The van der Waals surface area contributed by atoms with Gasteiger partial charge in [-0.1, -0.05) is 22.0 Å². The standard InChI is InChI=1S/C15H22BrNO3/c16-13-4-1-5-15(7-13)20-11-14(18)9-17-8-12-3-2-6-19-10-12/h1,4-5,7,12,14,17-18H,2-3,6,8-11H2. The molecule has 0 radical (unpaired) electrons. The second kappa shape index (κ2) is 8.62. The van der Waals surface area contributed by atoms with Gasteiger partial charge in [0.1, 0.15) is 18.5 Å². The van der Waals surface area contributed by atoms with Crippen LogP contribution in [0.1, 0.15) is 12.8 Å². The average Bonchev–Trinajstić information content (AvgIpc) is 2.46. The first-order chi connectivity index (χ1) is 9.74. The second-order valence-electron chi connectivity index (χ2n) is 5.16. The summed E-state index contributed by atoms with van der Waals surface area (Å²) in [5, 5.41) is 13.2. The second-order valence-corrected chi connectivity index (χ2v) is 6.08. The van der Waals surface area contributed by atoms with Crippen molar-refractivity contribution < 1.29 is 14.6 Å². The molecule has 2 atom stereocenters. The number of aliphatic hydroxyl groups is 1. The lowest BCUT2D eigenvalue weighted by Gasteiger charge is -2.23. The molecule has 1 aromatic carbocycles. The summed E-state index contributed by atoms with van der Waals surface area (Å²) in [5.74, 6) is 1.33. The fourth-order valence-corrected chi connectivity index (χ4v) is 2.61. The zero-order valence-electron chi connectivity index (χ0n) is 11.6. The van der Waals surface area contributed by atoms with E-state index in [1.807, 2.05) is 24.3 Å². The van der Waals surface area contributed by atoms with Crippen LogP contribution in [0, 0.1) is 5.92 Å². The molecule has 2 unspecified atom stereocenters. The number of halogens is 1. The van der Waals surface area contributed by atoms with Gasteiger partial charge in [0.05, 0.1) is 6.61 Å². The third-order valence-corrected chi connectivity index (χ3v) is 3.80. The lowest BCUT2D eigenvalue weighted by molar-refractivity contribution is 0.0516. The maximum absolute atomic E-state index is 9.88. The molecule has 1 aliphatic rings. The largest absolute Gasteiger partial charge is 0.491 e. The van der Waals surface area contributed by atoms with E-state index < -0.39 is 6.10 Å². The molecule has 112 valence electrons. The smallest absolute Gasteiger partial charge is 0.120 e. The number of rotatable bonds is 7. The van der Waals surface area contributed by atoms with Crippen LogP contribution in [-0.2, 0) is 4.74 Å². The van der Waals surface area contributed by atoms with Crippen LogP contribution in [0.25, 0.3) is 0 Å². The van der Waals surface area contributed by atoms with Gasteiger partial charge >= 0.3 is 0 Å². The minimum absolute atomic E-state index is 0.296. The van der Waals surface area contributed by atoms with Crippen molar-refractivity contribution in [2.45, 2.75) is 18.9 Å². The Bertz CT molecular complexity index is 396. The molecule has 20 heavy (non-hydrogen) atoms. The Labute approximate surface area is 128 Å². The Kier molecular flexibility index (Phi) is 6.79. The summed E-state index contributed by atoms with van der Waals surface area (Å²) in [5.41, 5.74) is 0. The molecule has 1 fully saturated rings. The molecule has 0 bridgehead atoms. The highest BCUT2D eigenvalue weighted by Gasteiger charge is 2.14. The topological polar surface area (TPSA) is 50.7 Å². The summed E-state index contributed by atoms with van der Waals surface area (Å²) in [6.45, 7) is 3.46. The number of hydrogen-bond donors (Lipinski definition) is 2. The Morgan fingerprint density at radius 3 is 3.15 bits per heavy atom. The fourth-order valence-electron chi connectivity index (χ4n) is 2.23. The first-order valence-electron chi connectivity index (χ1n) is 7.09. The van der Waals surface area contributed by atoms with Gasteiger partial charge < -0.3 is 19.9 Å². The van der Waals surface area contributed by atoms with E-state index in [1.165, 1.54) is 6.42 Å². The lowest BCUT2D eigenvalue weighted by Crippen LogP contribution is -2.36. The van der Waals surface area contributed by atoms with Crippen molar-refractivity contribution in [2.75, 3.05) is 32.9 Å². The van der Waals surface area contributed by atoms with E-state index in [9.17, 15) is 5.11 Å². The van der Waals surface area contributed by atoms with Crippen molar-refractivity contribution in [1.82, 2.24) is 5.32 Å². The molecule has 1 aliphatic heterocycles. The van der Waals surface area contributed by atoms with Crippen LogP contribution in [0.2, 0.25) is 0 Å². The molecule has 4 nitrogen and oxygen atoms in total. The SMILES string of the molecule is OC(CNCC1CCCOC1)COc1cccc(Br)c1. The van der Waals surface area contributed by atoms with Gasteiger partial charge in [-0.05, 0) is 37.0 Å². The quantitative estimate of drug-likeness (QED) is 0.796. The monoisotopic (exact) mass is 343 g/mol. The molecular formula is C15H22BrNO3. The van der Waals surface area contributed by atoms with Gasteiger partial charge in [-0.15, -0.1) is 0 Å². The van der Waals surface area contributed by atoms with Crippen molar-refractivity contribution >= 4 is 15.9 Å². The lowest BCUT2D eigenvalue weighted by atomic mass is 10.0. The van der Waals surface area contributed by atoms with Gasteiger partial charge in [0.25, 0.3) is 0 Å². The number of benzene rings is 1. The average molecular weight is 344 g/mol. The van der Waals surface area contributed by atoms with E-state index >= 15 is 0 Å². The molecule has 1 saturated heterocycles. The summed E-state index contributed by atoms with van der Waals surface area (Å²) < 4.78 is 11.9. The van der Waals surface area contributed by atoms with Crippen LogP contribution in [0.15, 0.2) is 28.7 Å². The van der Waals surface area contributed by atoms with Crippen molar-refractivity contribution in [3.63, 3.8) is 0 Å². The highest BCUT2D eigenvalue weighted by Crippen LogP contribution is 2.17. The van der Waals surface area contributed by atoms with Crippen LogP contribution >= 0.6 is 15.9 Å². The van der Waals surface area contributed by atoms with Gasteiger partial charge in [0.15, 0.2) is 0 Å². The fraction of sp³-hybridized carbons (Fsp3) is 0.600. The molecule has 1 aromatic rings. The molecule has 0 aliphatic carbocycles. The summed E-state index contributed by atoms with van der Waals surface area (Å²) in [6, 6.07) is 7.62. The molecule has 0 spiro atoms. The van der Waals surface area contributed by atoms with Crippen LogP contribution in [0.3, 0.4) is 0 Å². The number of ether oxygens (including phenoxy) is 2. The van der Waals surface area contributed by atoms with E-state index in [0.717, 1.165) is 36.4 Å². The highest BCUT2D eigenvalue weighted by molar-refractivity contribution is 9.10. The van der Waals surface area contributed by atoms with Crippen LogP contribution in [0.5, 0.6) is 5.75 Å². The van der Waals surface area contributed by atoms with Gasteiger partial charge in [-0.25, -0.2) is 0 Å². The van der Waals surface area contributed by atoms with E-state index in [2.05, 4.69) is 21.2 Å². The van der Waals surface area contributed by atoms with Crippen LogP contribution in [0.4, 0.5) is 0 Å². The van der Waals surface area contributed by atoms with Crippen molar-refractivity contribution in [3.8, 4) is 5.75 Å². The summed E-state index contributed by atoms with van der Waals surface area (Å²) in [7, 11) is 0. The zero-order valence-corrected chi connectivity index (χ0v) is 13.1. The Balaban J connectivity index is 1.59. The maximum atomic E-state index is 9.88. The summed E-state index contributed by atoms with van der Waals surface area (Å²) in [6.07, 6.45) is 1.84. The third-order valence-electron chi connectivity index (χ3n) is 3.31. The van der Waals surface area contributed by atoms with Crippen molar-refractivity contribution in [2.24, 2.45) is 5.92 Å². The molecular weight excluding hydrogens is 322 g/mol.